The predicted molar refractivity (Wildman–Crippen MR) is 127 cm³/mol. The topological polar surface area (TPSA) is 79.0 Å². The molecule has 0 atom stereocenters. The van der Waals surface area contributed by atoms with Crippen molar-refractivity contribution in [2.24, 2.45) is 0 Å². The van der Waals surface area contributed by atoms with Gasteiger partial charge in [-0.3, -0.25) is 4.79 Å². The number of fused-ring (bicyclic) bond motifs is 1. The zero-order chi connectivity index (χ0) is 22.1. The standard InChI is InChI=1S/C23H25N3O4S2/c27-23(22-15-17-5-1-2-6-21(17)31-22)24-19-16-18(7-8-20(19)25-9-3-4-10-25)32(28,29)26-11-13-30-14-12-26/h1-2,5-8,15-16H,3-4,9-14H2,(H,24,27). The molecule has 7 nitrogen and oxygen atoms in total. The van der Waals surface area contributed by atoms with Gasteiger partial charge in [-0.05, 0) is 48.6 Å². The minimum absolute atomic E-state index is 0.189. The summed E-state index contributed by atoms with van der Waals surface area (Å²) < 4.78 is 34.2. The molecular weight excluding hydrogens is 446 g/mol. The minimum atomic E-state index is -3.66. The fourth-order valence-corrected chi connectivity index (χ4v) is 6.62. The lowest BCUT2D eigenvalue weighted by molar-refractivity contribution is 0.0730. The number of carbonyl (C=O) groups is 1. The molecule has 2 aliphatic rings. The van der Waals surface area contributed by atoms with Crippen LogP contribution >= 0.6 is 11.3 Å². The van der Waals surface area contributed by atoms with Crippen molar-refractivity contribution in [3.8, 4) is 0 Å². The van der Waals surface area contributed by atoms with Crippen LogP contribution in [-0.2, 0) is 14.8 Å². The van der Waals surface area contributed by atoms with E-state index in [2.05, 4.69) is 10.2 Å². The summed E-state index contributed by atoms with van der Waals surface area (Å²) >= 11 is 1.43. The summed E-state index contributed by atoms with van der Waals surface area (Å²) in [6, 6.07) is 14.8. The lowest BCUT2D eigenvalue weighted by atomic mass is 10.2. The van der Waals surface area contributed by atoms with Crippen LogP contribution in [0.15, 0.2) is 53.4 Å². The van der Waals surface area contributed by atoms with E-state index in [1.165, 1.54) is 15.6 Å². The number of ether oxygens (including phenoxy) is 1. The smallest absolute Gasteiger partial charge is 0.265 e. The van der Waals surface area contributed by atoms with Crippen LogP contribution in [0, 0.1) is 0 Å². The van der Waals surface area contributed by atoms with Gasteiger partial charge in [0.2, 0.25) is 10.0 Å². The van der Waals surface area contributed by atoms with E-state index in [1.54, 1.807) is 12.1 Å². The van der Waals surface area contributed by atoms with Crippen LogP contribution in [-0.4, -0.2) is 58.0 Å². The predicted octanol–water partition coefficient (Wildman–Crippen LogP) is 3.77. The number of anilines is 2. The monoisotopic (exact) mass is 471 g/mol. The van der Waals surface area contributed by atoms with Gasteiger partial charge in [0.1, 0.15) is 0 Å². The van der Waals surface area contributed by atoms with E-state index in [4.69, 9.17) is 4.74 Å². The van der Waals surface area contributed by atoms with Crippen LogP contribution < -0.4 is 10.2 Å². The summed E-state index contributed by atoms with van der Waals surface area (Å²) in [7, 11) is -3.66. The normalized spacial score (nSPS) is 17.7. The highest BCUT2D eigenvalue weighted by Gasteiger charge is 2.28. The number of amides is 1. The molecule has 0 radical (unpaired) electrons. The van der Waals surface area contributed by atoms with Crippen molar-refractivity contribution in [1.82, 2.24) is 4.31 Å². The van der Waals surface area contributed by atoms with E-state index >= 15 is 0 Å². The summed E-state index contributed by atoms with van der Waals surface area (Å²) in [5.41, 5.74) is 1.39. The van der Waals surface area contributed by atoms with Crippen molar-refractivity contribution in [2.45, 2.75) is 17.7 Å². The Bertz CT molecular complexity index is 1210. The average molecular weight is 472 g/mol. The molecule has 0 unspecified atom stereocenters. The van der Waals surface area contributed by atoms with E-state index in [0.717, 1.165) is 41.7 Å². The molecule has 3 aromatic rings. The largest absolute Gasteiger partial charge is 0.379 e. The zero-order valence-corrected chi connectivity index (χ0v) is 19.3. The van der Waals surface area contributed by atoms with Crippen LogP contribution in [0.2, 0.25) is 0 Å². The molecule has 32 heavy (non-hydrogen) atoms. The molecular formula is C23H25N3O4S2. The first-order valence-electron chi connectivity index (χ1n) is 10.8. The number of thiophene rings is 1. The Morgan fingerprint density at radius 3 is 2.47 bits per heavy atom. The Morgan fingerprint density at radius 1 is 0.969 bits per heavy atom. The second-order valence-electron chi connectivity index (χ2n) is 7.99. The van der Waals surface area contributed by atoms with E-state index in [0.29, 0.717) is 36.9 Å². The number of benzene rings is 2. The average Bonchev–Trinajstić information content (AvgIpc) is 3.50. The van der Waals surface area contributed by atoms with Crippen molar-refractivity contribution in [3.63, 3.8) is 0 Å². The van der Waals surface area contributed by atoms with Crippen LogP contribution in [0.5, 0.6) is 0 Å². The molecule has 2 aliphatic heterocycles. The minimum Gasteiger partial charge on any atom is -0.379 e. The van der Waals surface area contributed by atoms with Gasteiger partial charge < -0.3 is 15.0 Å². The second-order valence-corrected chi connectivity index (χ2v) is 11.0. The van der Waals surface area contributed by atoms with Gasteiger partial charge in [-0.1, -0.05) is 18.2 Å². The number of hydrogen-bond donors (Lipinski definition) is 1. The number of carbonyl (C=O) groups excluding carboxylic acids is 1. The molecule has 3 heterocycles. The highest BCUT2D eigenvalue weighted by atomic mass is 32.2. The van der Waals surface area contributed by atoms with E-state index in [-0.39, 0.29) is 10.8 Å². The van der Waals surface area contributed by atoms with Gasteiger partial charge in [-0.15, -0.1) is 11.3 Å². The second kappa shape index (κ2) is 8.82. The number of morpholine rings is 1. The van der Waals surface area contributed by atoms with Crippen molar-refractivity contribution in [2.75, 3.05) is 49.6 Å². The molecule has 0 aliphatic carbocycles. The van der Waals surface area contributed by atoms with Gasteiger partial charge >= 0.3 is 0 Å². The number of nitrogens with one attached hydrogen (secondary N) is 1. The quantitative estimate of drug-likeness (QED) is 0.613. The summed E-state index contributed by atoms with van der Waals surface area (Å²) in [5, 5.41) is 4.02. The Hall–Kier alpha value is -2.46. The van der Waals surface area contributed by atoms with Crippen molar-refractivity contribution >= 4 is 48.7 Å². The van der Waals surface area contributed by atoms with Gasteiger partial charge in [0.05, 0.1) is 34.4 Å². The Morgan fingerprint density at radius 2 is 1.72 bits per heavy atom. The Labute approximate surface area is 191 Å². The Balaban J connectivity index is 1.49. The van der Waals surface area contributed by atoms with E-state index in [9.17, 15) is 13.2 Å². The third kappa shape index (κ3) is 4.13. The maximum Gasteiger partial charge on any atom is 0.265 e. The molecule has 0 saturated carbocycles. The molecule has 9 heteroatoms. The van der Waals surface area contributed by atoms with Crippen LogP contribution in [0.3, 0.4) is 0 Å². The van der Waals surface area contributed by atoms with E-state index in [1.807, 2.05) is 36.4 Å². The molecule has 5 rings (SSSR count). The highest BCUT2D eigenvalue weighted by molar-refractivity contribution is 7.89. The maximum atomic E-state index is 13.2. The molecule has 2 saturated heterocycles. The number of nitrogens with zero attached hydrogens (tertiary/aromatic N) is 2. The summed E-state index contributed by atoms with van der Waals surface area (Å²) in [5.74, 6) is -0.229. The van der Waals surface area contributed by atoms with Gasteiger partial charge in [-0.2, -0.15) is 4.31 Å². The van der Waals surface area contributed by atoms with E-state index < -0.39 is 10.0 Å². The molecule has 168 valence electrons. The molecule has 1 amide bonds. The first-order chi connectivity index (χ1) is 15.5. The number of sulfonamides is 1. The molecule has 1 aromatic heterocycles. The fraction of sp³-hybridized carbons (Fsp3) is 0.348. The fourth-order valence-electron chi connectivity index (χ4n) is 4.22. The van der Waals surface area contributed by atoms with Crippen molar-refractivity contribution in [1.29, 1.82) is 0 Å². The SMILES string of the molecule is O=C(Nc1cc(S(=O)(=O)N2CCOCC2)ccc1N1CCCC1)c1cc2ccccc2s1. The van der Waals surface area contributed by atoms with Gasteiger partial charge in [0.25, 0.3) is 5.91 Å². The summed E-state index contributed by atoms with van der Waals surface area (Å²) in [4.78, 5) is 16.1. The highest BCUT2D eigenvalue weighted by Crippen LogP contribution is 2.34. The van der Waals surface area contributed by atoms with Crippen LogP contribution in [0.25, 0.3) is 10.1 Å². The maximum absolute atomic E-state index is 13.2. The number of hydrogen-bond acceptors (Lipinski definition) is 6. The lowest BCUT2D eigenvalue weighted by Crippen LogP contribution is -2.40. The zero-order valence-electron chi connectivity index (χ0n) is 17.6. The molecule has 0 spiro atoms. The van der Waals surface area contributed by atoms with Crippen molar-refractivity contribution in [3.05, 3.63) is 53.4 Å². The summed E-state index contributed by atoms with van der Waals surface area (Å²) in [6.45, 7) is 3.23. The molecule has 2 aromatic carbocycles. The van der Waals surface area contributed by atoms with Crippen LogP contribution in [0.4, 0.5) is 11.4 Å². The molecule has 2 fully saturated rings. The van der Waals surface area contributed by atoms with Crippen molar-refractivity contribution < 1.29 is 17.9 Å². The van der Waals surface area contributed by atoms with Gasteiger partial charge in [-0.25, -0.2) is 8.42 Å². The summed E-state index contributed by atoms with van der Waals surface area (Å²) in [6.07, 6.45) is 2.16. The first-order valence-corrected chi connectivity index (χ1v) is 13.0. The third-order valence-corrected chi connectivity index (χ3v) is 8.93. The molecule has 1 N–H and O–H groups in total. The molecule has 0 bridgehead atoms. The number of rotatable bonds is 5. The first kappa shape index (κ1) is 21.4. The van der Waals surface area contributed by atoms with Gasteiger partial charge in [0.15, 0.2) is 0 Å². The van der Waals surface area contributed by atoms with Gasteiger partial charge in [0, 0.05) is 30.9 Å². The Kier molecular flexibility index (Phi) is 5.90. The third-order valence-electron chi connectivity index (χ3n) is 5.92. The lowest BCUT2D eigenvalue weighted by Gasteiger charge is -2.27. The van der Waals surface area contributed by atoms with Crippen LogP contribution in [0.1, 0.15) is 22.5 Å².